The molecule has 2 aromatic carbocycles. The third kappa shape index (κ3) is 3.79. The second-order valence-electron chi connectivity index (χ2n) is 6.20. The smallest absolute Gasteiger partial charge is 0.171 e. The van der Waals surface area contributed by atoms with Gasteiger partial charge in [-0.2, -0.15) is 11.8 Å². The largest absolute Gasteiger partial charge is 0.352 e. The van der Waals surface area contributed by atoms with Crippen molar-refractivity contribution in [3.8, 4) is 0 Å². The molecule has 0 amide bonds. The predicted octanol–water partition coefficient (Wildman–Crippen LogP) is 5.60. The molecule has 2 aromatic rings. The number of thioether (sulfide) groups is 1. The highest BCUT2D eigenvalue weighted by Crippen LogP contribution is 2.37. The normalized spacial score (nSPS) is 21.2. The maximum atomic E-state index is 6.05. The lowest BCUT2D eigenvalue weighted by molar-refractivity contribution is 0.694. The molecule has 0 radical (unpaired) electrons. The van der Waals surface area contributed by atoms with Crippen molar-refractivity contribution < 1.29 is 0 Å². The van der Waals surface area contributed by atoms with Crippen LogP contribution in [0.25, 0.3) is 6.08 Å². The summed E-state index contributed by atoms with van der Waals surface area (Å²) in [5.41, 5.74) is 6.01. The predicted molar refractivity (Wildman–Crippen MR) is 117 cm³/mol. The molecule has 1 atom stereocenters. The summed E-state index contributed by atoms with van der Waals surface area (Å²) < 4.78 is 0. The fraction of sp³-hybridized carbons (Fsp3) is 0.150. The lowest BCUT2D eigenvalue weighted by atomic mass is 9.93. The van der Waals surface area contributed by atoms with Crippen molar-refractivity contribution in [1.82, 2.24) is 10.6 Å². The first-order valence-electron chi connectivity index (χ1n) is 8.20. The summed E-state index contributed by atoms with van der Waals surface area (Å²) in [7, 11) is 0. The van der Waals surface area contributed by atoms with Crippen molar-refractivity contribution in [1.29, 1.82) is 0 Å². The standard InChI is InChI=1S/C20H16Cl2N2S2/c21-15-5-1-12(2-6-15)9-14-10-26-11-17-18(23-20(25)24-19(14)17)13-3-7-16(22)8-4-13/h1-9,18H,10-11H2,(H2,23,24,25)/b14-9-/t18-/m0/s1. The average molecular weight is 419 g/mol. The average Bonchev–Trinajstić information content (AvgIpc) is 2.64. The Hall–Kier alpha value is -1.46. The van der Waals surface area contributed by atoms with Gasteiger partial charge in [-0.05, 0) is 64.8 Å². The zero-order valence-electron chi connectivity index (χ0n) is 13.8. The maximum Gasteiger partial charge on any atom is 0.171 e. The number of rotatable bonds is 2. The second-order valence-corrected chi connectivity index (χ2v) is 8.46. The van der Waals surface area contributed by atoms with Gasteiger partial charge in [0.15, 0.2) is 5.11 Å². The first kappa shape index (κ1) is 17.9. The first-order chi connectivity index (χ1) is 12.6. The van der Waals surface area contributed by atoms with E-state index in [1.165, 1.54) is 16.7 Å². The topological polar surface area (TPSA) is 24.1 Å². The summed E-state index contributed by atoms with van der Waals surface area (Å²) in [6.07, 6.45) is 2.21. The fourth-order valence-corrected chi connectivity index (χ4v) is 4.74. The van der Waals surface area contributed by atoms with Crippen molar-refractivity contribution in [3.05, 3.63) is 86.5 Å². The molecule has 2 aliphatic rings. The third-order valence-corrected chi connectivity index (χ3v) is 6.19. The van der Waals surface area contributed by atoms with Gasteiger partial charge in [-0.25, -0.2) is 0 Å². The molecule has 2 N–H and O–H groups in total. The molecule has 0 saturated carbocycles. The zero-order valence-corrected chi connectivity index (χ0v) is 16.9. The van der Waals surface area contributed by atoms with E-state index >= 15 is 0 Å². The molecule has 0 fully saturated rings. The van der Waals surface area contributed by atoms with Crippen molar-refractivity contribution in [2.24, 2.45) is 0 Å². The molecular formula is C20H16Cl2N2S2. The third-order valence-electron chi connectivity index (χ3n) is 4.43. The van der Waals surface area contributed by atoms with Crippen LogP contribution < -0.4 is 10.6 Å². The molecule has 132 valence electrons. The Morgan fingerprint density at radius 1 is 0.962 bits per heavy atom. The summed E-state index contributed by atoms with van der Waals surface area (Å²) in [6.45, 7) is 0. The van der Waals surface area contributed by atoms with Gasteiger partial charge in [-0.3, -0.25) is 0 Å². The van der Waals surface area contributed by atoms with Gasteiger partial charge in [0.2, 0.25) is 0 Å². The molecule has 2 heterocycles. The number of thiocarbonyl (C=S) groups is 1. The molecule has 2 nitrogen and oxygen atoms in total. The van der Waals surface area contributed by atoms with E-state index in [0.29, 0.717) is 5.11 Å². The van der Waals surface area contributed by atoms with Crippen LogP contribution in [0.4, 0.5) is 0 Å². The van der Waals surface area contributed by atoms with E-state index in [4.69, 9.17) is 35.4 Å². The van der Waals surface area contributed by atoms with Crippen LogP contribution in [-0.2, 0) is 0 Å². The van der Waals surface area contributed by atoms with Crippen LogP contribution in [0.1, 0.15) is 17.2 Å². The molecule has 0 spiro atoms. The quantitative estimate of drug-likeness (QED) is 0.619. The van der Waals surface area contributed by atoms with E-state index in [2.05, 4.69) is 28.8 Å². The Morgan fingerprint density at radius 2 is 1.62 bits per heavy atom. The van der Waals surface area contributed by atoms with Gasteiger partial charge in [0.25, 0.3) is 0 Å². The molecule has 26 heavy (non-hydrogen) atoms. The molecule has 0 aliphatic carbocycles. The number of halogens is 2. The molecule has 0 bridgehead atoms. The molecule has 0 saturated heterocycles. The summed E-state index contributed by atoms with van der Waals surface area (Å²) in [5, 5.41) is 8.91. The second kappa shape index (κ2) is 7.65. The van der Waals surface area contributed by atoms with Crippen LogP contribution in [0, 0.1) is 0 Å². The van der Waals surface area contributed by atoms with E-state index < -0.39 is 0 Å². The van der Waals surface area contributed by atoms with E-state index in [1.54, 1.807) is 0 Å². The van der Waals surface area contributed by atoms with Gasteiger partial charge < -0.3 is 10.6 Å². The van der Waals surface area contributed by atoms with Crippen molar-refractivity contribution >= 4 is 58.4 Å². The van der Waals surface area contributed by atoms with E-state index in [-0.39, 0.29) is 6.04 Å². The molecular weight excluding hydrogens is 403 g/mol. The number of hydrogen-bond acceptors (Lipinski definition) is 2. The van der Waals surface area contributed by atoms with E-state index in [0.717, 1.165) is 32.8 Å². The summed E-state index contributed by atoms with van der Waals surface area (Å²) >= 11 is 19.4. The van der Waals surface area contributed by atoms with Gasteiger partial charge in [-0.1, -0.05) is 47.5 Å². The van der Waals surface area contributed by atoms with Crippen molar-refractivity contribution in [2.45, 2.75) is 6.04 Å². The Balaban J connectivity index is 1.75. The van der Waals surface area contributed by atoms with Crippen LogP contribution in [0.5, 0.6) is 0 Å². The minimum atomic E-state index is 0.0671. The van der Waals surface area contributed by atoms with Gasteiger partial charge in [-0.15, -0.1) is 0 Å². The van der Waals surface area contributed by atoms with Gasteiger partial charge in [0.05, 0.1) is 6.04 Å². The number of allylic oxidation sites excluding steroid dienone is 1. The summed E-state index contributed by atoms with van der Waals surface area (Å²) in [5.74, 6) is 1.91. The zero-order chi connectivity index (χ0) is 18.1. The van der Waals surface area contributed by atoms with E-state index in [1.807, 2.05) is 48.2 Å². The lowest BCUT2D eigenvalue weighted by Crippen LogP contribution is -2.45. The Morgan fingerprint density at radius 3 is 2.31 bits per heavy atom. The molecule has 0 unspecified atom stereocenters. The van der Waals surface area contributed by atoms with Crippen LogP contribution >= 0.6 is 47.2 Å². The van der Waals surface area contributed by atoms with E-state index in [9.17, 15) is 0 Å². The van der Waals surface area contributed by atoms with Crippen LogP contribution in [0.15, 0.2) is 65.4 Å². The van der Waals surface area contributed by atoms with Crippen molar-refractivity contribution in [2.75, 3.05) is 11.5 Å². The SMILES string of the molecule is S=C1NC2=C(CSC/C2=C/c2ccc(Cl)cc2)[C@H](c2ccc(Cl)cc2)N1. The van der Waals surface area contributed by atoms with Crippen LogP contribution in [0.3, 0.4) is 0 Å². The highest BCUT2D eigenvalue weighted by atomic mass is 35.5. The van der Waals surface area contributed by atoms with Gasteiger partial charge in [0, 0.05) is 27.2 Å². The van der Waals surface area contributed by atoms with Crippen LogP contribution in [0.2, 0.25) is 10.0 Å². The highest BCUT2D eigenvalue weighted by molar-refractivity contribution is 7.99. The molecule has 6 heteroatoms. The number of hydrogen-bond donors (Lipinski definition) is 2. The number of nitrogens with one attached hydrogen (secondary N) is 2. The Bertz CT molecular complexity index is 902. The maximum absolute atomic E-state index is 6.05. The summed E-state index contributed by atoms with van der Waals surface area (Å²) in [4.78, 5) is 0. The minimum Gasteiger partial charge on any atom is -0.352 e. The van der Waals surface area contributed by atoms with Crippen molar-refractivity contribution in [3.63, 3.8) is 0 Å². The number of benzene rings is 2. The van der Waals surface area contributed by atoms with Gasteiger partial charge >= 0.3 is 0 Å². The summed E-state index contributed by atoms with van der Waals surface area (Å²) in [6, 6.07) is 15.9. The lowest BCUT2D eigenvalue weighted by Gasteiger charge is -2.35. The monoisotopic (exact) mass is 418 g/mol. The Labute approximate surface area is 172 Å². The fourth-order valence-electron chi connectivity index (χ4n) is 3.19. The minimum absolute atomic E-state index is 0.0671. The Kier molecular flexibility index (Phi) is 5.28. The molecule has 0 aromatic heterocycles. The highest BCUT2D eigenvalue weighted by Gasteiger charge is 2.30. The van der Waals surface area contributed by atoms with Gasteiger partial charge in [0.1, 0.15) is 0 Å². The first-order valence-corrected chi connectivity index (χ1v) is 10.5. The van der Waals surface area contributed by atoms with Crippen LogP contribution in [-0.4, -0.2) is 16.6 Å². The molecule has 4 rings (SSSR count). The molecule has 2 aliphatic heterocycles.